The summed E-state index contributed by atoms with van der Waals surface area (Å²) >= 11 is 1.47. The first-order valence-electron chi connectivity index (χ1n) is 9.15. The van der Waals surface area contributed by atoms with E-state index < -0.39 is 18.0 Å². The van der Waals surface area contributed by atoms with Gasteiger partial charge in [0.15, 0.2) is 16.7 Å². The zero-order chi connectivity index (χ0) is 21.1. The Bertz CT molecular complexity index is 924. The molecule has 0 aliphatic carbocycles. The Balaban J connectivity index is 2.14. The third kappa shape index (κ3) is 4.14. The molecule has 1 aromatic rings. The van der Waals surface area contributed by atoms with Crippen LogP contribution in [-0.2, 0) is 19.1 Å². The maximum Gasteiger partial charge on any atom is 0.338 e. The lowest BCUT2D eigenvalue weighted by Crippen LogP contribution is -2.45. The molecule has 1 saturated heterocycles. The maximum absolute atomic E-state index is 12.8. The minimum Gasteiger partial charge on any atom is -0.493 e. The number of amidine groups is 1. The molecule has 8 nitrogen and oxygen atoms in total. The van der Waals surface area contributed by atoms with Crippen LogP contribution in [0.3, 0.4) is 0 Å². The minimum atomic E-state index is -0.706. The topological polar surface area (TPSA) is 94.5 Å². The second-order valence-corrected chi connectivity index (χ2v) is 7.44. The van der Waals surface area contributed by atoms with Crippen LogP contribution in [0.1, 0.15) is 38.8 Å². The van der Waals surface area contributed by atoms with Crippen LogP contribution in [0.25, 0.3) is 0 Å². The van der Waals surface area contributed by atoms with E-state index in [2.05, 4.69) is 4.99 Å². The van der Waals surface area contributed by atoms with E-state index in [1.165, 1.54) is 30.7 Å². The number of benzene rings is 1. The third-order valence-corrected chi connectivity index (χ3v) is 5.41. The number of aliphatic imine (C=N–C) groups is 1. The number of fused-ring (bicyclic) bond motifs is 1. The first-order valence-corrected chi connectivity index (χ1v) is 10.1. The molecule has 0 aromatic heterocycles. The number of thioether (sulfide) groups is 1. The number of nitrogens with zero attached hydrogens (tertiary/aromatic N) is 2. The van der Waals surface area contributed by atoms with E-state index >= 15 is 0 Å². The highest BCUT2D eigenvalue weighted by molar-refractivity contribution is 8.14. The van der Waals surface area contributed by atoms with Gasteiger partial charge in [-0.25, -0.2) is 9.79 Å². The lowest BCUT2D eigenvalue weighted by molar-refractivity contribution is -0.139. The predicted molar refractivity (Wildman–Crippen MR) is 108 cm³/mol. The summed E-state index contributed by atoms with van der Waals surface area (Å²) in [7, 11) is 1.45. The van der Waals surface area contributed by atoms with Crippen LogP contribution in [0, 0.1) is 0 Å². The molecule has 1 aromatic carbocycles. The van der Waals surface area contributed by atoms with Gasteiger partial charge in [-0.15, -0.1) is 0 Å². The number of carbonyl (C=O) groups is 3. The Labute approximate surface area is 172 Å². The van der Waals surface area contributed by atoms with Crippen molar-refractivity contribution in [3.63, 3.8) is 0 Å². The van der Waals surface area contributed by atoms with E-state index in [1.54, 1.807) is 32.0 Å². The molecule has 1 fully saturated rings. The molecule has 2 heterocycles. The van der Waals surface area contributed by atoms with Crippen LogP contribution in [0.5, 0.6) is 11.5 Å². The van der Waals surface area contributed by atoms with Gasteiger partial charge in [-0.1, -0.05) is 17.8 Å². The lowest BCUT2D eigenvalue weighted by Gasteiger charge is -2.39. The van der Waals surface area contributed by atoms with Gasteiger partial charge in [0.2, 0.25) is 5.91 Å². The zero-order valence-corrected chi connectivity index (χ0v) is 17.5. The molecule has 1 amide bonds. The molecule has 0 bridgehead atoms. The molecule has 1 atom stereocenters. The molecule has 0 N–H and O–H groups in total. The molecule has 29 heavy (non-hydrogen) atoms. The number of methoxy groups -OCH3 is 1. The van der Waals surface area contributed by atoms with Gasteiger partial charge in [0.1, 0.15) is 0 Å². The van der Waals surface area contributed by atoms with Gasteiger partial charge < -0.3 is 14.2 Å². The van der Waals surface area contributed by atoms with E-state index in [-0.39, 0.29) is 18.3 Å². The highest BCUT2D eigenvalue weighted by Crippen LogP contribution is 2.42. The largest absolute Gasteiger partial charge is 0.493 e. The van der Waals surface area contributed by atoms with Gasteiger partial charge in [0.25, 0.3) is 0 Å². The van der Waals surface area contributed by atoms with Crippen molar-refractivity contribution >= 4 is 34.8 Å². The molecule has 2 aliphatic rings. The second kappa shape index (κ2) is 8.69. The predicted octanol–water partition coefficient (Wildman–Crippen LogP) is 2.83. The van der Waals surface area contributed by atoms with Crippen molar-refractivity contribution in [2.75, 3.05) is 19.5 Å². The fraction of sp³-hybridized carbons (Fsp3) is 0.400. The van der Waals surface area contributed by atoms with E-state index in [1.807, 2.05) is 0 Å². The SMILES string of the molecule is CCOC(=O)C1=C(C)N=C2SCCC(=O)N2[C@H]1c1ccc(OC(C)=O)c(OC)c1. The highest BCUT2D eigenvalue weighted by atomic mass is 32.2. The van der Waals surface area contributed by atoms with Crippen LogP contribution < -0.4 is 9.47 Å². The summed E-state index contributed by atoms with van der Waals surface area (Å²) in [6.07, 6.45) is 0.345. The van der Waals surface area contributed by atoms with Crippen molar-refractivity contribution in [1.82, 2.24) is 4.90 Å². The Morgan fingerprint density at radius 3 is 2.72 bits per heavy atom. The van der Waals surface area contributed by atoms with Gasteiger partial charge in [-0.05, 0) is 31.5 Å². The van der Waals surface area contributed by atoms with E-state index in [0.29, 0.717) is 39.9 Å². The summed E-state index contributed by atoms with van der Waals surface area (Å²) in [6, 6.07) is 4.24. The van der Waals surface area contributed by atoms with E-state index in [9.17, 15) is 14.4 Å². The monoisotopic (exact) mass is 418 g/mol. The highest BCUT2D eigenvalue weighted by Gasteiger charge is 2.41. The number of esters is 2. The lowest BCUT2D eigenvalue weighted by atomic mass is 9.94. The van der Waals surface area contributed by atoms with Crippen LogP contribution in [0.2, 0.25) is 0 Å². The van der Waals surface area contributed by atoms with E-state index in [0.717, 1.165) is 0 Å². The quantitative estimate of drug-likeness (QED) is 0.536. The molecular weight excluding hydrogens is 396 g/mol. The summed E-state index contributed by atoms with van der Waals surface area (Å²) in [4.78, 5) is 42.9. The average molecular weight is 418 g/mol. The first-order chi connectivity index (χ1) is 13.9. The number of hydrogen-bond donors (Lipinski definition) is 0. The van der Waals surface area contributed by atoms with Crippen molar-refractivity contribution in [2.45, 2.75) is 33.2 Å². The number of carbonyl (C=O) groups excluding carboxylic acids is 3. The van der Waals surface area contributed by atoms with Crippen molar-refractivity contribution in [3.05, 3.63) is 35.0 Å². The standard InChI is InChI=1S/C20H22N2O6S/c1-5-27-19(25)17-11(2)21-20-22(16(24)8-9-29-20)18(17)13-6-7-14(28-12(3)23)15(10-13)26-4/h6-7,10,18H,5,8-9H2,1-4H3/t18-/m0/s1. The van der Waals surface area contributed by atoms with Gasteiger partial charge in [-0.3, -0.25) is 14.5 Å². The second-order valence-electron chi connectivity index (χ2n) is 6.38. The van der Waals surface area contributed by atoms with Crippen LogP contribution >= 0.6 is 11.8 Å². The van der Waals surface area contributed by atoms with Crippen LogP contribution in [0.15, 0.2) is 34.5 Å². The van der Waals surface area contributed by atoms with Crippen molar-refractivity contribution in [3.8, 4) is 11.5 Å². The molecule has 3 rings (SSSR count). The maximum atomic E-state index is 12.8. The fourth-order valence-electron chi connectivity index (χ4n) is 3.27. The Morgan fingerprint density at radius 2 is 2.07 bits per heavy atom. The first kappa shape index (κ1) is 20.9. The van der Waals surface area contributed by atoms with Gasteiger partial charge in [-0.2, -0.15) is 0 Å². The summed E-state index contributed by atoms with van der Waals surface area (Å²) < 4.78 is 15.8. The Hall–Kier alpha value is -2.81. The molecule has 9 heteroatoms. The number of rotatable bonds is 5. The zero-order valence-electron chi connectivity index (χ0n) is 16.7. The van der Waals surface area contributed by atoms with Crippen LogP contribution in [0.4, 0.5) is 0 Å². The normalized spacial score (nSPS) is 18.8. The van der Waals surface area contributed by atoms with Crippen molar-refractivity contribution in [2.24, 2.45) is 4.99 Å². The minimum absolute atomic E-state index is 0.121. The molecule has 154 valence electrons. The number of allylic oxidation sites excluding steroid dienone is 1. The number of amides is 1. The molecule has 2 aliphatic heterocycles. The number of ether oxygens (including phenoxy) is 3. The summed E-state index contributed by atoms with van der Waals surface area (Å²) in [5.41, 5.74) is 1.43. The third-order valence-electron chi connectivity index (χ3n) is 4.46. The summed E-state index contributed by atoms with van der Waals surface area (Å²) in [6.45, 7) is 4.95. The van der Waals surface area contributed by atoms with Crippen molar-refractivity contribution in [1.29, 1.82) is 0 Å². The average Bonchev–Trinajstić information content (AvgIpc) is 2.67. The Morgan fingerprint density at radius 1 is 1.31 bits per heavy atom. The fourth-order valence-corrected chi connectivity index (χ4v) is 4.28. The van der Waals surface area contributed by atoms with Gasteiger partial charge in [0, 0.05) is 19.1 Å². The molecule has 0 spiro atoms. The van der Waals surface area contributed by atoms with E-state index in [4.69, 9.17) is 14.2 Å². The molecular formula is C20H22N2O6S. The van der Waals surface area contributed by atoms with Crippen molar-refractivity contribution < 1.29 is 28.6 Å². The van der Waals surface area contributed by atoms with Gasteiger partial charge >= 0.3 is 11.9 Å². The molecule has 0 radical (unpaired) electrons. The molecule has 0 saturated carbocycles. The number of hydrogen-bond acceptors (Lipinski definition) is 8. The molecule has 0 unspecified atom stereocenters. The van der Waals surface area contributed by atoms with Crippen LogP contribution in [-0.4, -0.2) is 47.4 Å². The Kier molecular flexibility index (Phi) is 6.26. The summed E-state index contributed by atoms with van der Waals surface area (Å²) in [5.74, 6) is 0.0890. The summed E-state index contributed by atoms with van der Waals surface area (Å²) in [5, 5.41) is 0.555. The smallest absolute Gasteiger partial charge is 0.338 e. The van der Waals surface area contributed by atoms with Gasteiger partial charge in [0.05, 0.1) is 31.0 Å².